The van der Waals surface area contributed by atoms with Crippen LogP contribution < -0.4 is 9.47 Å². The molecule has 0 unspecified atom stereocenters. The molecule has 0 radical (unpaired) electrons. The van der Waals surface area contributed by atoms with Gasteiger partial charge in [-0.05, 0) is 56.3 Å². The maximum atomic E-state index is 12.7. The molecule has 0 fully saturated rings. The van der Waals surface area contributed by atoms with Crippen molar-refractivity contribution < 1.29 is 28.6 Å². The third-order valence-electron chi connectivity index (χ3n) is 5.43. The molecule has 0 saturated carbocycles. The number of Topliss-reactive ketones (excluding diaryl/α,β-unsaturated/α-hetero) is 2. The molecular formula is C25H22ClNO6. The van der Waals surface area contributed by atoms with Gasteiger partial charge in [-0.25, -0.2) is 0 Å². The topological polar surface area (TPSA) is 83.8 Å². The molecule has 0 amide bonds. The number of carbonyl (C=O) groups excluding carboxylic acids is 3. The van der Waals surface area contributed by atoms with Crippen LogP contribution in [0.25, 0.3) is 5.69 Å². The standard InChI is InChI=1S/C25H22ClNO6/c1-15-11-20(16(2)27(15)19-7-9-23-24(12-19)33-14-32-23)22(29)13-31-25(30)10-8-21(28)17-3-5-18(26)6-4-17/h3-7,9,11-12H,8,10,13-14H2,1-2H3. The SMILES string of the molecule is Cc1cc(C(=O)COC(=O)CCC(=O)c2ccc(Cl)cc2)c(C)n1-c1ccc2c(c1)OCO2. The van der Waals surface area contributed by atoms with Crippen molar-refractivity contribution in [2.24, 2.45) is 0 Å². The van der Waals surface area contributed by atoms with Crippen LogP contribution in [0.5, 0.6) is 11.5 Å². The third kappa shape index (κ3) is 4.93. The van der Waals surface area contributed by atoms with Gasteiger partial charge in [0.05, 0.1) is 6.42 Å². The molecule has 3 aromatic rings. The molecule has 170 valence electrons. The number of hydrogen-bond donors (Lipinski definition) is 0. The van der Waals surface area contributed by atoms with Gasteiger partial charge in [-0.1, -0.05) is 11.6 Å². The van der Waals surface area contributed by atoms with Gasteiger partial charge in [0.2, 0.25) is 12.6 Å². The Hall–Kier alpha value is -3.58. The summed E-state index contributed by atoms with van der Waals surface area (Å²) in [6, 6.07) is 13.8. The van der Waals surface area contributed by atoms with E-state index in [2.05, 4.69) is 0 Å². The van der Waals surface area contributed by atoms with Gasteiger partial charge in [-0.15, -0.1) is 0 Å². The zero-order valence-corrected chi connectivity index (χ0v) is 19.0. The van der Waals surface area contributed by atoms with Crippen molar-refractivity contribution in [3.63, 3.8) is 0 Å². The number of aromatic nitrogens is 1. The number of carbonyl (C=O) groups is 3. The second-order valence-corrected chi connectivity index (χ2v) is 8.11. The van der Waals surface area contributed by atoms with Crippen LogP contribution >= 0.6 is 11.6 Å². The zero-order chi connectivity index (χ0) is 23.5. The lowest BCUT2D eigenvalue weighted by Gasteiger charge is -2.11. The minimum absolute atomic E-state index is 0.00666. The summed E-state index contributed by atoms with van der Waals surface area (Å²) in [7, 11) is 0. The molecule has 0 aliphatic carbocycles. The number of aryl methyl sites for hydroxylation is 1. The van der Waals surface area contributed by atoms with Crippen LogP contribution in [-0.4, -0.2) is 35.5 Å². The fourth-order valence-electron chi connectivity index (χ4n) is 3.76. The molecule has 33 heavy (non-hydrogen) atoms. The van der Waals surface area contributed by atoms with Gasteiger partial charge >= 0.3 is 5.97 Å². The summed E-state index contributed by atoms with van der Waals surface area (Å²) in [6.07, 6.45) is -0.113. The smallest absolute Gasteiger partial charge is 0.306 e. The Labute approximate surface area is 195 Å². The Morgan fingerprint density at radius 2 is 1.67 bits per heavy atom. The third-order valence-corrected chi connectivity index (χ3v) is 5.68. The highest BCUT2D eigenvalue weighted by Gasteiger charge is 2.20. The van der Waals surface area contributed by atoms with Crippen LogP contribution in [0.3, 0.4) is 0 Å². The summed E-state index contributed by atoms with van der Waals surface area (Å²) >= 11 is 5.82. The molecule has 1 aliphatic heterocycles. The summed E-state index contributed by atoms with van der Waals surface area (Å²) in [4.78, 5) is 37.0. The number of rotatable bonds is 8. The van der Waals surface area contributed by atoms with Crippen molar-refractivity contribution in [1.82, 2.24) is 4.57 Å². The quantitative estimate of drug-likeness (QED) is 0.347. The van der Waals surface area contributed by atoms with Gasteiger partial charge in [0, 0.05) is 45.7 Å². The Bertz CT molecular complexity index is 1230. The fraction of sp³-hybridized carbons (Fsp3) is 0.240. The van der Waals surface area contributed by atoms with Gasteiger partial charge in [0.15, 0.2) is 23.9 Å². The maximum absolute atomic E-state index is 12.7. The van der Waals surface area contributed by atoms with Crippen molar-refractivity contribution in [2.75, 3.05) is 13.4 Å². The molecule has 0 atom stereocenters. The molecule has 4 rings (SSSR count). The summed E-state index contributed by atoms with van der Waals surface area (Å²) in [5.74, 6) is 0.221. The van der Waals surface area contributed by atoms with Gasteiger partial charge in [0.25, 0.3) is 0 Å². The van der Waals surface area contributed by atoms with Crippen molar-refractivity contribution >= 4 is 29.1 Å². The Kier molecular flexibility index (Phi) is 6.51. The van der Waals surface area contributed by atoms with E-state index in [0.717, 1.165) is 17.1 Å². The van der Waals surface area contributed by atoms with E-state index in [4.69, 9.17) is 25.8 Å². The first-order valence-corrected chi connectivity index (χ1v) is 10.8. The first-order valence-electron chi connectivity index (χ1n) is 10.4. The number of benzene rings is 2. The molecule has 2 aromatic carbocycles. The lowest BCUT2D eigenvalue weighted by Crippen LogP contribution is -2.15. The molecular weight excluding hydrogens is 446 g/mol. The normalized spacial score (nSPS) is 12.0. The van der Waals surface area contributed by atoms with E-state index < -0.39 is 5.97 Å². The Balaban J connectivity index is 1.36. The highest BCUT2D eigenvalue weighted by molar-refractivity contribution is 6.30. The van der Waals surface area contributed by atoms with Crippen LogP contribution in [0.1, 0.15) is 44.9 Å². The van der Waals surface area contributed by atoms with Crippen molar-refractivity contribution in [3.05, 3.63) is 76.1 Å². The summed E-state index contributed by atoms with van der Waals surface area (Å²) in [6.45, 7) is 3.52. The monoisotopic (exact) mass is 467 g/mol. The van der Waals surface area contributed by atoms with E-state index in [1.54, 1.807) is 30.3 Å². The number of halogens is 1. The first kappa shape index (κ1) is 22.6. The molecule has 0 N–H and O–H groups in total. The summed E-state index contributed by atoms with van der Waals surface area (Å²) in [5, 5.41) is 0.530. The predicted molar refractivity (Wildman–Crippen MR) is 122 cm³/mol. The molecule has 0 spiro atoms. The highest BCUT2D eigenvalue weighted by Crippen LogP contribution is 2.35. The van der Waals surface area contributed by atoms with E-state index in [-0.39, 0.29) is 37.8 Å². The van der Waals surface area contributed by atoms with Gasteiger partial charge in [-0.3, -0.25) is 14.4 Å². The second kappa shape index (κ2) is 9.50. The number of esters is 1. The van der Waals surface area contributed by atoms with Crippen LogP contribution in [0.4, 0.5) is 0 Å². The van der Waals surface area contributed by atoms with Crippen LogP contribution in [0.2, 0.25) is 5.02 Å². The van der Waals surface area contributed by atoms with Crippen LogP contribution in [0, 0.1) is 13.8 Å². The molecule has 0 saturated heterocycles. The molecule has 7 nitrogen and oxygen atoms in total. The van der Waals surface area contributed by atoms with E-state index in [9.17, 15) is 14.4 Å². The first-order chi connectivity index (χ1) is 15.8. The van der Waals surface area contributed by atoms with Crippen molar-refractivity contribution in [3.8, 4) is 17.2 Å². The van der Waals surface area contributed by atoms with Crippen molar-refractivity contribution in [1.29, 1.82) is 0 Å². The lowest BCUT2D eigenvalue weighted by molar-refractivity contribution is -0.142. The predicted octanol–water partition coefficient (Wildman–Crippen LogP) is 4.87. The van der Waals surface area contributed by atoms with E-state index >= 15 is 0 Å². The number of nitrogens with zero attached hydrogens (tertiary/aromatic N) is 1. The minimum Gasteiger partial charge on any atom is -0.457 e. The number of hydrogen-bond acceptors (Lipinski definition) is 6. The fourth-order valence-corrected chi connectivity index (χ4v) is 3.88. The van der Waals surface area contributed by atoms with Crippen LogP contribution in [-0.2, 0) is 9.53 Å². The summed E-state index contributed by atoms with van der Waals surface area (Å²) in [5.41, 5.74) is 3.36. The minimum atomic E-state index is -0.602. The summed E-state index contributed by atoms with van der Waals surface area (Å²) < 4.78 is 17.9. The average Bonchev–Trinajstić information content (AvgIpc) is 3.39. The van der Waals surface area contributed by atoms with Crippen molar-refractivity contribution in [2.45, 2.75) is 26.7 Å². The molecule has 1 aliphatic rings. The Morgan fingerprint density at radius 1 is 0.939 bits per heavy atom. The average molecular weight is 468 g/mol. The molecule has 0 bridgehead atoms. The highest BCUT2D eigenvalue weighted by atomic mass is 35.5. The molecule has 1 aromatic heterocycles. The number of ketones is 2. The molecule has 2 heterocycles. The van der Waals surface area contributed by atoms with E-state index in [1.165, 1.54) is 0 Å². The molecule has 8 heteroatoms. The van der Waals surface area contributed by atoms with Gasteiger partial charge in [-0.2, -0.15) is 0 Å². The maximum Gasteiger partial charge on any atom is 0.306 e. The Morgan fingerprint density at radius 3 is 2.42 bits per heavy atom. The van der Waals surface area contributed by atoms with Gasteiger partial charge < -0.3 is 18.8 Å². The van der Waals surface area contributed by atoms with Crippen LogP contribution in [0.15, 0.2) is 48.5 Å². The lowest BCUT2D eigenvalue weighted by atomic mass is 10.1. The largest absolute Gasteiger partial charge is 0.457 e. The van der Waals surface area contributed by atoms with E-state index in [1.807, 2.05) is 36.6 Å². The van der Waals surface area contributed by atoms with Gasteiger partial charge in [0.1, 0.15) is 0 Å². The second-order valence-electron chi connectivity index (χ2n) is 7.67. The number of fused-ring (bicyclic) bond motifs is 1. The number of ether oxygens (including phenoxy) is 3. The zero-order valence-electron chi connectivity index (χ0n) is 18.2. The van der Waals surface area contributed by atoms with E-state index in [0.29, 0.717) is 27.6 Å².